The number of Topliss-reactive ketones (excluding diaryl/α,β-unsaturated/α-hetero) is 1. The maximum absolute atomic E-state index is 12.4. The second-order valence-electron chi connectivity index (χ2n) is 5.37. The maximum Gasteiger partial charge on any atom is 1.00 e. The molecule has 3 fully saturated rings. The molecule has 3 saturated heterocycles. The Morgan fingerprint density at radius 1 is 0.957 bits per heavy atom. The first-order valence-corrected chi connectivity index (χ1v) is 6.96. The quantitative estimate of drug-likeness (QED) is 0.287. The van der Waals surface area contributed by atoms with Crippen LogP contribution in [0.2, 0.25) is 0 Å². The summed E-state index contributed by atoms with van der Waals surface area (Å²) in [6, 6.07) is 0. The van der Waals surface area contributed by atoms with Crippen LogP contribution in [-0.4, -0.2) is 77.0 Å². The summed E-state index contributed by atoms with van der Waals surface area (Å²) in [5.74, 6) is -1.03. The Bertz CT molecular complexity index is 585. The molecule has 23 heavy (non-hydrogen) atoms. The minimum absolute atomic E-state index is 0. The van der Waals surface area contributed by atoms with Gasteiger partial charge in [-0.05, 0) is 6.92 Å². The molecule has 3 aliphatic heterocycles. The van der Waals surface area contributed by atoms with Crippen molar-refractivity contribution < 1.29 is 54.5 Å². The molecule has 9 heteroatoms. The van der Waals surface area contributed by atoms with Gasteiger partial charge in [-0.25, -0.2) is 0 Å². The van der Waals surface area contributed by atoms with Gasteiger partial charge in [-0.15, -0.1) is 0 Å². The van der Waals surface area contributed by atoms with E-state index in [1.165, 1.54) is 6.08 Å². The van der Waals surface area contributed by atoms with Crippen molar-refractivity contribution >= 4 is 17.5 Å². The molecule has 0 aromatic rings. The predicted molar refractivity (Wildman–Crippen MR) is 74.1 cm³/mol. The van der Waals surface area contributed by atoms with Gasteiger partial charge in [-0.3, -0.25) is 9.59 Å². The van der Waals surface area contributed by atoms with Gasteiger partial charge < -0.3 is 30.1 Å². The van der Waals surface area contributed by atoms with Crippen molar-refractivity contribution in [3.8, 4) is 0 Å². The predicted octanol–water partition coefficient (Wildman–Crippen LogP) is -5.88. The van der Waals surface area contributed by atoms with Crippen LogP contribution in [0.25, 0.3) is 0 Å². The van der Waals surface area contributed by atoms with Crippen LogP contribution in [-0.2, 0) is 14.4 Å². The molecule has 4 aliphatic rings. The van der Waals surface area contributed by atoms with Crippen molar-refractivity contribution in [2.24, 2.45) is 0 Å². The Kier molecular flexibility index (Phi) is 6.41. The van der Waals surface area contributed by atoms with Crippen LogP contribution in [0.1, 0.15) is 6.92 Å². The molecule has 0 aromatic heterocycles. The van der Waals surface area contributed by atoms with Gasteiger partial charge in [0.1, 0.15) is 11.4 Å². The van der Waals surface area contributed by atoms with Crippen molar-refractivity contribution in [1.82, 2.24) is 14.7 Å². The molecule has 0 amide bonds. The van der Waals surface area contributed by atoms with E-state index in [0.717, 1.165) is 46.2 Å². The summed E-state index contributed by atoms with van der Waals surface area (Å²) in [5, 5.41) is 8.89. The van der Waals surface area contributed by atoms with E-state index in [1.54, 1.807) is 0 Å². The number of carbonyl (C=O) groups is 3. The molecule has 4 rings (SSSR count). The van der Waals surface area contributed by atoms with E-state index < -0.39 is 5.97 Å². The van der Waals surface area contributed by atoms with Crippen LogP contribution in [0, 0.1) is 0 Å². The smallest absolute Gasteiger partial charge is 0.550 e. The number of rotatable bonds is 3. The van der Waals surface area contributed by atoms with Crippen LogP contribution in [0.5, 0.6) is 0 Å². The summed E-state index contributed by atoms with van der Waals surface area (Å²) in [5.41, 5.74) is 1.89. The molecule has 120 valence electrons. The third-order valence-electron chi connectivity index (χ3n) is 3.49. The standard InChI is InChI=1S/C12H13N3O2.C2H4O2.Na.H2O/c16-9-7-8(13-1-2-13)12(17)11(15-5-6-15)10(9)14-3-4-14;1-2(3)4;;/h7H,1-6H2;1H3,(H,3,4);;1H2/q;;+1;/p-1. The van der Waals surface area contributed by atoms with Crippen LogP contribution in [0.15, 0.2) is 23.2 Å². The molecule has 2 N–H and O–H groups in total. The van der Waals surface area contributed by atoms with Crippen LogP contribution in [0.3, 0.4) is 0 Å². The first kappa shape index (κ1) is 19.7. The van der Waals surface area contributed by atoms with Gasteiger partial charge in [0.2, 0.25) is 11.6 Å². The third-order valence-corrected chi connectivity index (χ3v) is 3.49. The van der Waals surface area contributed by atoms with Gasteiger partial charge in [0.15, 0.2) is 0 Å². The SMILES string of the molecule is CC(=O)[O-].O.O=C1C=C(N2CC2)C(=O)C(N2CC2)=C1N1CC1.[Na+]. The van der Waals surface area contributed by atoms with Crippen LogP contribution >= 0.6 is 0 Å². The Hall–Kier alpha value is -1.35. The number of aliphatic carboxylic acids is 1. The number of nitrogens with zero attached hydrogens (tertiary/aromatic N) is 3. The fourth-order valence-corrected chi connectivity index (χ4v) is 2.28. The second-order valence-corrected chi connectivity index (χ2v) is 5.37. The summed E-state index contributed by atoms with van der Waals surface area (Å²) < 4.78 is 0. The zero-order chi connectivity index (χ0) is 15.1. The number of hydrogen-bond acceptors (Lipinski definition) is 7. The largest absolute Gasteiger partial charge is 1.00 e. The molecule has 0 saturated carbocycles. The average molecular weight is 331 g/mol. The molecule has 0 bridgehead atoms. The fourth-order valence-electron chi connectivity index (χ4n) is 2.28. The van der Waals surface area contributed by atoms with Gasteiger partial charge in [-0.2, -0.15) is 0 Å². The summed E-state index contributed by atoms with van der Waals surface area (Å²) >= 11 is 0. The summed E-state index contributed by atoms with van der Waals surface area (Å²) in [6.45, 7) is 6.38. The Morgan fingerprint density at radius 2 is 1.35 bits per heavy atom. The number of carbonyl (C=O) groups excluding carboxylic acids is 3. The van der Waals surface area contributed by atoms with Crippen LogP contribution < -0.4 is 34.7 Å². The first-order valence-electron chi connectivity index (χ1n) is 6.96. The van der Waals surface area contributed by atoms with Gasteiger partial charge in [-0.1, -0.05) is 0 Å². The van der Waals surface area contributed by atoms with Gasteiger partial charge in [0, 0.05) is 51.3 Å². The summed E-state index contributed by atoms with van der Waals surface area (Å²) in [4.78, 5) is 39.4. The topological polar surface area (TPSA) is 115 Å². The fraction of sp³-hybridized carbons (Fsp3) is 0.500. The van der Waals surface area contributed by atoms with E-state index in [9.17, 15) is 9.59 Å². The number of carboxylic acid groups (broad SMARTS) is 1. The summed E-state index contributed by atoms with van der Waals surface area (Å²) in [7, 11) is 0. The van der Waals surface area contributed by atoms with Crippen molar-refractivity contribution in [2.75, 3.05) is 39.3 Å². The first-order chi connectivity index (χ1) is 9.99. The van der Waals surface area contributed by atoms with E-state index in [-0.39, 0.29) is 46.6 Å². The van der Waals surface area contributed by atoms with E-state index in [2.05, 4.69) is 0 Å². The monoisotopic (exact) mass is 331 g/mol. The molecule has 0 radical (unpaired) electrons. The maximum atomic E-state index is 12.4. The molecule has 0 aromatic carbocycles. The molecule has 8 nitrogen and oxygen atoms in total. The van der Waals surface area contributed by atoms with E-state index in [4.69, 9.17) is 9.90 Å². The Balaban J connectivity index is 0.000000401. The van der Waals surface area contributed by atoms with E-state index >= 15 is 0 Å². The van der Waals surface area contributed by atoms with Gasteiger partial charge in [0.25, 0.3) is 0 Å². The van der Waals surface area contributed by atoms with Crippen molar-refractivity contribution in [3.63, 3.8) is 0 Å². The normalized spacial score (nSPS) is 20.7. The molecular formula is C14H18N3NaO5. The minimum Gasteiger partial charge on any atom is -0.550 e. The van der Waals surface area contributed by atoms with Gasteiger partial charge >= 0.3 is 29.6 Å². The second kappa shape index (κ2) is 7.48. The van der Waals surface area contributed by atoms with Crippen molar-refractivity contribution in [2.45, 2.75) is 6.92 Å². The Morgan fingerprint density at radius 3 is 1.74 bits per heavy atom. The molecule has 0 spiro atoms. The van der Waals surface area contributed by atoms with Crippen molar-refractivity contribution in [3.05, 3.63) is 23.2 Å². The number of carboxylic acids is 1. The zero-order valence-corrected chi connectivity index (χ0v) is 15.3. The minimum atomic E-state index is -1.08. The molecular weight excluding hydrogens is 313 g/mol. The molecule has 1 aliphatic carbocycles. The van der Waals surface area contributed by atoms with E-state index in [1.807, 2.05) is 14.7 Å². The Labute approximate surface area is 156 Å². The third kappa shape index (κ3) is 4.57. The van der Waals surface area contributed by atoms with Crippen molar-refractivity contribution in [1.29, 1.82) is 0 Å². The number of ketones is 2. The van der Waals surface area contributed by atoms with Crippen LogP contribution in [0.4, 0.5) is 0 Å². The van der Waals surface area contributed by atoms with E-state index in [0.29, 0.717) is 17.1 Å². The molecule has 3 heterocycles. The molecule has 0 atom stereocenters. The molecule has 0 unspecified atom stereocenters. The number of allylic oxidation sites excluding steroid dienone is 1. The zero-order valence-electron chi connectivity index (χ0n) is 13.3. The average Bonchev–Trinajstić information content (AvgIpc) is 3.26. The van der Waals surface area contributed by atoms with Gasteiger partial charge in [0.05, 0.1) is 5.70 Å². The number of hydrogen-bond donors (Lipinski definition) is 0. The summed E-state index contributed by atoms with van der Waals surface area (Å²) in [6.07, 6.45) is 1.52.